The predicted molar refractivity (Wildman–Crippen MR) is 113 cm³/mol. The molecule has 0 aliphatic heterocycles. The van der Waals surface area contributed by atoms with Gasteiger partial charge in [-0.15, -0.1) is 0 Å². The second-order valence-corrected chi connectivity index (χ2v) is 9.74. The molecule has 4 aliphatic rings. The van der Waals surface area contributed by atoms with E-state index >= 15 is 0 Å². The van der Waals surface area contributed by atoms with E-state index in [-0.39, 0.29) is 30.4 Å². The van der Waals surface area contributed by atoms with Gasteiger partial charge >= 0.3 is 0 Å². The largest absolute Gasteiger partial charge is 0.385 e. The molecule has 160 valence electrons. The molecule has 1 heterocycles. The van der Waals surface area contributed by atoms with Crippen molar-refractivity contribution in [2.75, 3.05) is 0 Å². The monoisotopic (exact) mass is 409 g/mol. The first kappa shape index (κ1) is 20.8. The minimum absolute atomic E-state index is 0.0766. The summed E-state index contributed by atoms with van der Waals surface area (Å²) in [5.41, 5.74) is 12.6. The van der Waals surface area contributed by atoms with Gasteiger partial charge in [0.05, 0.1) is 30.8 Å². The molecule has 1 aromatic rings. The van der Waals surface area contributed by atoms with Crippen LogP contribution in [0.3, 0.4) is 0 Å². The SMILES string of the molecule is Cc1cccc(COC(C)(CC#N)C(N)=NC2C3CC4CC2CC(C(N)=O)(C4)C3)n1. The Hall–Kier alpha value is -2.46. The molecular weight excluding hydrogens is 378 g/mol. The van der Waals surface area contributed by atoms with Gasteiger partial charge in [-0.05, 0) is 75.8 Å². The molecule has 0 saturated heterocycles. The van der Waals surface area contributed by atoms with E-state index in [1.54, 1.807) is 0 Å². The van der Waals surface area contributed by atoms with Crippen molar-refractivity contribution in [2.45, 2.75) is 70.6 Å². The number of nitrogens with two attached hydrogens (primary N) is 2. The standard InChI is InChI=1S/C23H31N5O2/c1-14-4-3-5-18(27-14)13-30-22(2,6-7-24)20(25)28-19-16-8-15-9-17(19)12-23(10-15,11-16)21(26)29/h3-5,15-17,19H,6,8-13H2,1-2H3,(H2,25,28)(H2,26,29). The lowest BCUT2D eigenvalue weighted by atomic mass is 9.48. The lowest BCUT2D eigenvalue weighted by molar-refractivity contribution is -0.144. The average Bonchev–Trinajstić information content (AvgIpc) is 2.69. The van der Waals surface area contributed by atoms with Gasteiger partial charge in [0.2, 0.25) is 5.91 Å². The molecule has 5 rings (SSSR count). The summed E-state index contributed by atoms with van der Waals surface area (Å²) in [6, 6.07) is 8.03. The Bertz CT molecular complexity index is 891. The number of pyridine rings is 1. The van der Waals surface area contributed by atoms with Crippen LogP contribution in [-0.2, 0) is 16.1 Å². The van der Waals surface area contributed by atoms with Crippen LogP contribution in [0.15, 0.2) is 23.2 Å². The number of carbonyl (C=O) groups excluding carboxylic acids is 1. The van der Waals surface area contributed by atoms with Crippen molar-refractivity contribution in [3.05, 3.63) is 29.6 Å². The number of ether oxygens (including phenoxy) is 1. The Labute approximate surface area is 177 Å². The van der Waals surface area contributed by atoms with Gasteiger partial charge < -0.3 is 16.2 Å². The van der Waals surface area contributed by atoms with Crippen LogP contribution in [0.1, 0.15) is 56.8 Å². The summed E-state index contributed by atoms with van der Waals surface area (Å²) in [5.74, 6) is 1.43. The smallest absolute Gasteiger partial charge is 0.223 e. The number of primary amides is 1. The highest BCUT2D eigenvalue weighted by atomic mass is 16.5. The van der Waals surface area contributed by atoms with E-state index in [9.17, 15) is 10.1 Å². The van der Waals surface area contributed by atoms with Gasteiger partial charge in [0.25, 0.3) is 0 Å². The van der Waals surface area contributed by atoms with Gasteiger partial charge in [-0.1, -0.05) is 6.07 Å². The lowest BCUT2D eigenvalue weighted by Crippen LogP contribution is -2.58. The first-order chi connectivity index (χ1) is 14.2. The number of aliphatic imine (C=N–C) groups is 1. The third-order valence-electron chi connectivity index (χ3n) is 7.48. The second-order valence-electron chi connectivity index (χ2n) is 9.74. The van der Waals surface area contributed by atoms with E-state index in [1.807, 2.05) is 32.0 Å². The van der Waals surface area contributed by atoms with E-state index in [0.29, 0.717) is 23.6 Å². The minimum atomic E-state index is -0.976. The maximum atomic E-state index is 12.2. The van der Waals surface area contributed by atoms with Gasteiger partial charge in [-0.25, -0.2) is 0 Å². The molecule has 0 aromatic carbocycles. The molecule has 3 atom stereocenters. The van der Waals surface area contributed by atoms with Gasteiger partial charge in [0.1, 0.15) is 11.4 Å². The Kier molecular flexibility index (Phi) is 5.31. The molecule has 0 radical (unpaired) electrons. The molecule has 1 aromatic heterocycles. The van der Waals surface area contributed by atoms with Gasteiger partial charge in [-0.3, -0.25) is 14.8 Å². The lowest BCUT2D eigenvalue weighted by Gasteiger charge is -2.57. The van der Waals surface area contributed by atoms with Crippen molar-refractivity contribution in [1.82, 2.24) is 4.98 Å². The Balaban J connectivity index is 1.53. The van der Waals surface area contributed by atoms with E-state index in [0.717, 1.165) is 43.5 Å². The van der Waals surface area contributed by atoms with Crippen LogP contribution in [0.4, 0.5) is 0 Å². The molecule has 7 heteroatoms. The number of aryl methyl sites for hydroxylation is 1. The van der Waals surface area contributed by atoms with Crippen LogP contribution in [0.25, 0.3) is 0 Å². The van der Waals surface area contributed by atoms with E-state index < -0.39 is 5.60 Å². The average molecular weight is 410 g/mol. The summed E-state index contributed by atoms with van der Waals surface area (Å²) in [5, 5.41) is 9.39. The van der Waals surface area contributed by atoms with Crippen LogP contribution in [0, 0.1) is 41.4 Å². The zero-order valence-corrected chi connectivity index (χ0v) is 17.8. The Morgan fingerprint density at radius 3 is 2.63 bits per heavy atom. The molecule has 4 aliphatic carbocycles. The van der Waals surface area contributed by atoms with Crippen molar-refractivity contribution in [3.63, 3.8) is 0 Å². The summed E-state index contributed by atoms with van der Waals surface area (Å²) in [4.78, 5) is 21.6. The highest BCUT2D eigenvalue weighted by molar-refractivity contribution is 5.89. The van der Waals surface area contributed by atoms with Crippen molar-refractivity contribution >= 4 is 11.7 Å². The van der Waals surface area contributed by atoms with Gasteiger partial charge in [-0.2, -0.15) is 5.26 Å². The Morgan fingerprint density at radius 1 is 1.33 bits per heavy atom. The number of hydrogen-bond acceptors (Lipinski definition) is 5. The fraction of sp³-hybridized carbons (Fsp3) is 0.652. The second kappa shape index (κ2) is 7.66. The first-order valence-electron chi connectivity index (χ1n) is 10.8. The summed E-state index contributed by atoms with van der Waals surface area (Å²) in [6.45, 7) is 4.02. The van der Waals surface area contributed by atoms with E-state index in [4.69, 9.17) is 21.2 Å². The molecule has 0 spiro atoms. The van der Waals surface area contributed by atoms with E-state index in [2.05, 4.69) is 11.1 Å². The van der Waals surface area contributed by atoms with Crippen molar-refractivity contribution in [2.24, 2.45) is 39.6 Å². The van der Waals surface area contributed by atoms with Crippen molar-refractivity contribution in [1.29, 1.82) is 5.26 Å². The summed E-state index contributed by atoms with van der Waals surface area (Å²) < 4.78 is 6.11. The number of carbonyl (C=O) groups is 1. The van der Waals surface area contributed by atoms with Crippen LogP contribution in [0.2, 0.25) is 0 Å². The van der Waals surface area contributed by atoms with Crippen molar-refractivity contribution in [3.8, 4) is 6.07 Å². The van der Waals surface area contributed by atoms with Crippen LogP contribution in [0.5, 0.6) is 0 Å². The highest BCUT2D eigenvalue weighted by Crippen LogP contribution is 2.60. The number of hydrogen-bond donors (Lipinski definition) is 2. The molecule has 4 saturated carbocycles. The number of amides is 1. The number of nitriles is 1. The molecule has 7 nitrogen and oxygen atoms in total. The third-order valence-corrected chi connectivity index (χ3v) is 7.48. The fourth-order valence-electron chi connectivity index (χ4n) is 6.09. The number of aromatic nitrogens is 1. The van der Waals surface area contributed by atoms with Crippen LogP contribution in [-0.4, -0.2) is 28.4 Å². The topological polar surface area (TPSA) is 127 Å². The number of nitrogens with zero attached hydrogens (tertiary/aromatic N) is 3. The highest BCUT2D eigenvalue weighted by Gasteiger charge is 2.58. The summed E-state index contributed by atoms with van der Waals surface area (Å²) in [7, 11) is 0. The molecule has 4 N–H and O–H groups in total. The van der Waals surface area contributed by atoms with Gasteiger partial charge in [0.15, 0.2) is 0 Å². The summed E-state index contributed by atoms with van der Waals surface area (Å²) >= 11 is 0. The molecule has 30 heavy (non-hydrogen) atoms. The first-order valence-corrected chi connectivity index (χ1v) is 10.8. The zero-order valence-electron chi connectivity index (χ0n) is 17.8. The minimum Gasteiger partial charge on any atom is -0.385 e. The molecule has 3 unspecified atom stereocenters. The molecular formula is C23H31N5O2. The zero-order chi connectivity index (χ0) is 21.5. The Morgan fingerprint density at radius 2 is 2.03 bits per heavy atom. The quantitative estimate of drug-likeness (QED) is 0.528. The van der Waals surface area contributed by atoms with E-state index in [1.165, 1.54) is 0 Å². The molecule has 4 bridgehead atoms. The van der Waals surface area contributed by atoms with Crippen LogP contribution < -0.4 is 11.5 Å². The summed E-state index contributed by atoms with van der Waals surface area (Å²) in [6.07, 6.45) is 4.82. The van der Waals surface area contributed by atoms with Crippen LogP contribution >= 0.6 is 0 Å². The normalized spacial score (nSPS) is 34.4. The fourth-order valence-corrected chi connectivity index (χ4v) is 6.09. The predicted octanol–water partition coefficient (Wildman–Crippen LogP) is 2.62. The maximum Gasteiger partial charge on any atom is 0.223 e. The molecule has 4 fully saturated rings. The maximum absolute atomic E-state index is 12.2. The number of rotatable bonds is 7. The van der Waals surface area contributed by atoms with Crippen molar-refractivity contribution < 1.29 is 9.53 Å². The third kappa shape index (κ3) is 3.69. The number of amidine groups is 1. The van der Waals surface area contributed by atoms with Gasteiger partial charge in [0, 0.05) is 11.1 Å². The molecule has 1 amide bonds.